The SMILES string of the molecule is Cc1cc(C(=O)Nc2sc3c(c2C(=O)N2CCCCC2)CC[C@@H](C)C3)c(C)o1. The molecule has 1 atom stereocenters. The summed E-state index contributed by atoms with van der Waals surface area (Å²) >= 11 is 1.58. The van der Waals surface area contributed by atoms with Crippen LogP contribution < -0.4 is 5.32 Å². The minimum Gasteiger partial charge on any atom is -0.466 e. The number of hydrogen-bond donors (Lipinski definition) is 1. The molecule has 0 radical (unpaired) electrons. The van der Waals surface area contributed by atoms with Gasteiger partial charge in [0.1, 0.15) is 16.5 Å². The molecule has 1 N–H and O–H groups in total. The number of likely N-dealkylation sites (tertiary alicyclic amines) is 1. The fraction of sp³-hybridized carbons (Fsp3) is 0.545. The molecule has 2 aromatic heterocycles. The number of thiophene rings is 1. The average molecular weight is 401 g/mol. The topological polar surface area (TPSA) is 62.6 Å². The van der Waals surface area contributed by atoms with E-state index in [2.05, 4.69) is 12.2 Å². The maximum Gasteiger partial charge on any atom is 0.259 e. The second-order valence-corrected chi connectivity index (χ2v) is 9.29. The number of amides is 2. The van der Waals surface area contributed by atoms with Crippen molar-refractivity contribution in [1.82, 2.24) is 4.90 Å². The normalized spacial score (nSPS) is 19.4. The Labute approximate surface area is 170 Å². The van der Waals surface area contributed by atoms with Crippen molar-refractivity contribution in [2.75, 3.05) is 18.4 Å². The fourth-order valence-electron chi connectivity index (χ4n) is 4.35. The van der Waals surface area contributed by atoms with E-state index >= 15 is 0 Å². The largest absolute Gasteiger partial charge is 0.466 e. The second-order valence-electron chi connectivity index (χ2n) is 8.19. The van der Waals surface area contributed by atoms with Gasteiger partial charge in [-0.1, -0.05) is 6.92 Å². The highest BCUT2D eigenvalue weighted by molar-refractivity contribution is 7.17. The lowest BCUT2D eigenvalue weighted by Crippen LogP contribution is -2.36. The molecule has 0 unspecified atom stereocenters. The number of fused-ring (bicyclic) bond motifs is 1. The zero-order chi connectivity index (χ0) is 19.8. The lowest BCUT2D eigenvalue weighted by atomic mass is 9.88. The van der Waals surface area contributed by atoms with E-state index in [1.165, 1.54) is 11.3 Å². The van der Waals surface area contributed by atoms with Crippen LogP contribution in [-0.4, -0.2) is 29.8 Å². The Bertz CT molecular complexity index is 905. The Kier molecular flexibility index (Phi) is 5.32. The zero-order valence-electron chi connectivity index (χ0n) is 16.9. The molecular weight excluding hydrogens is 372 g/mol. The number of nitrogens with one attached hydrogen (secondary N) is 1. The number of carbonyl (C=O) groups excluding carboxylic acids is 2. The van der Waals surface area contributed by atoms with Gasteiger partial charge in [0.2, 0.25) is 0 Å². The Hall–Kier alpha value is -2.08. The standard InChI is InChI=1S/C22H28N2O3S/c1-13-7-8-16-18(11-13)28-21(19(16)22(26)24-9-5-4-6-10-24)23-20(25)17-12-14(2)27-15(17)3/h12-13H,4-11H2,1-3H3,(H,23,25)/t13-/m1/s1. The van der Waals surface area contributed by atoms with E-state index in [-0.39, 0.29) is 11.8 Å². The number of piperidine rings is 1. The smallest absolute Gasteiger partial charge is 0.259 e. The number of nitrogens with zero attached hydrogens (tertiary/aromatic N) is 1. The second kappa shape index (κ2) is 7.74. The summed E-state index contributed by atoms with van der Waals surface area (Å²) in [4.78, 5) is 29.5. The lowest BCUT2D eigenvalue weighted by molar-refractivity contribution is 0.0724. The first-order valence-electron chi connectivity index (χ1n) is 10.3. The van der Waals surface area contributed by atoms with Crippen LogP contribution in [0.1, 0.15) is 75.3 Å². The number of furan rings is 1. The van der Waals surface area contributed by atoms with Gasteiger partial charge < -0.3 is 14.6 Å². The van der Waals surface area contributed by atoms with Crippen LogP contribution in [0.15, 0.2) is 10.5 Å². The van der Waals surface area contributed by atoms with Crippen LogP contribution in [0.2, 0.25) is 0 Å². The molecule has 1 aliphatic carbocycles. The summed E-state index contributed by atoms with van der Waals surface area (Å²) < 4.78 is 5.51. The van der Waals surface area contributed by atoms with Gasteiger partial charge in [0.15, 0.2) is 0 Å². The van der Waals surface area contributed by atoms with Crippen molar-refractivity contribution in [2.45, 2.75) is 59.3 Å². The number of anilines is 1. The van der Waals surface area contributed by atoms with Crippen LogP contribution in [-0.2, 0) is 12.8 Å². The summed E-state index contributed by atoms with van der Waals surface area (Å²) in [6.45, 7) is 7.51. The van der Waals surface area contributed by atoms with Crippen LogP contribution in [0.5, 0.6) is 0 Å². The summed E-state index contributed by atoms with van der Waals surface area (Å²) in [6.07, 6.45) is 6.30. The van der Waals surface area contributed by atoms with Gasteiger partial charge in [-0.3, -0.25) is 9.59 Å². The van der Waals surface area contributed by atoms with Crippen LogP contribution >= 0.6 is 11.3 Å². The minimum atomic E-state index is -0.200. The fourth-order valence-corrected chi connectivity index (χ4v) is 5.74. The van der Waals surface area contributed by atoms with Crippen LogP contribution in [0.25, 0.3) is 0 Å². The molecule has 5 nitrogen and oxygen atoms in total. The Morgan fingerprint density at radius 3 is 2.64 bits per heavy atom. The highest BCUT2D eigenvalue weighted by Crippen LogP contribution is 2.40. The van der Waals surface area contributed by atoms with Gasteiger partial charge in [-0.15, -0.1) is 11.3 Å². The summed E-state index contributed by atoms with van der Waals surface area (Å²) in [5.41, 5.74) is 2.43. The molecule has 0 aromatic carbocycles. The summed E-state index contributed by atoms with van der Waals surface area (Å²) in [7, 11) is 0. The third-order valence-electron chi connectivity index (χ3n) is 5.88. The molecule has 28 heavy (non-hydrogen) atoms. The number of aryl methyl sites for hydroxylation is 2. The van der Waals surface area contributed by atoms with Gasteiger partial charge in [-0.05, 0) is 69.9 Å². The Morgan fingerprint density at radius 1 is 1.21 bits per heavy atom. The maximum atomic E-state index is 13.4. The van der Waals surface area contributed by atoms with Crippen molar-refractivity contribution in [3.8, 4) is 0 Å². The van der Waals surface area contributed by atoms with E-state index in [0.29, 0.717) is 28.0 Å². The molecule has 4 rings (SSSR count). The van der Waals surface area contributed by atoms with Crippen molar-refractivity contribution in [3.63, 3.8) is 0 Å². The van der Waals surface area contributed by atoms with E-state index in [1.54, 1.807) is 24.3 Å². The summed E-state index contributed by atoms with van der Waals surface area (Å²) in [6, 6.07) is 1.76. The Morgan fingerprint density at radius 2 is 1.96 bits per heavy atom. The van der Waals surface area contributed by atoms with Gasteiger partial charge in [-0.25, -0.2) is 0 Å². The molecule has 1 saturated heterocycles. The number of hydrogen-bond acceptors (Lipinski definition) is 4. The predicted octanol–water partition coefficient (Wildman–Crippen LogP) is 4.96. The van der Waals surface area contributed by atoms with Crippen molar-refractivity contribution in [1.29, 1.82) is 0 Å². The van der Waals surface area contributed by atoms with Crippen LogP contribution in [0.4, 0.5) is 5.00 Å². The number of carbonyl (C=O) groups is 2. The molecule has 0 bridgehead atoms. The van der Waals surface area contributed by atoms with E-state index in [9.17, 15) is 9.59 Å². The maximum absolute atomic E-state index is 13.4. The van der Waals surface area contributed by atoms with Gasteiger partial charge in [0.25, 0.3) is 11.8 Å². The quantitative estimate of drug-likeness (QED) is 0.792. The number of rotatable bonds is 3. The molecule has 150 valence electrons. The lowest BCUT2D eigenvalue weighted by Gasteiger charge is -2.28. The monoisotopic (exact) mass is 400 g/mol. The molecule has 0 saturated carbocycles. The highest BCUT2D eigenvalue weighted by Gasteiger charge is 2.31. The van der Waals surface area contributed by atoms with Crippen LogP contribution in [0, 0.1) is 19.8 Å². The van der Waals surface area contributed by atoms with E-state index in [0.717, 1.165) is 56.3 Å². The molecule has 3 heterocycles. The van der Waals surface area contributed by atoms with Gasteiger partial charge in [0, 0.05) is 18.0 Å². The third-order valence-corrected chi connectivity index (χ3v) is 7.05. The van der Waals surface area contributed by atoms with Gasteiger partial charge in [-0.2, -0.15) is 0 Å². The molecule has 2 aromatic rings. The van der Waals surface area contributed by atoms with E-state index < -0.39 is 0 Å². The molecule has 1 aliphatic heterocycles. The molecule has 2 aliphatic rings. The van der Waals surface area contributed by atoms with Crippen molar-refractivity contribution < 1.29 is 14.0 Å². The minimum absolute atomic E-state index is 0.0853. The highest BCUT2D eigenvalue weighted by atomic mass is 32.1. The summed E-state index contributed by atoms with van der Waals surface area (Å²) in [5.74, 6) is 1.82. The average Bonchev–Trinajstić information content (AvgIpc) is 3.20. The first-order chi connectivity index (χ1) is 13.4. The first kappa shape index (κ1) is 19.2. The molecule has 1 fully saturated rings. The van der Waals surface area contributed by atoms with Crippen molar-refractivity contribution >= 4 is 28.2 Å². The Balaban J connectivity index is 1.68. The van der Waals surface area contributed by atoms with E-state index in [1.807, 2.05) is 11.8 Å². The van der Waals surface area contributed by atoms with Gasteiger partial charge in [0.05, 0.1) is 11.1 Å². The van der Waals surface area contributed by atoms with Gasteiger partial charge >= 0.3 is 0 Å². The van der Waals surface area contributed by atoms with Crippen LogP contribution in [0.3, 0.4) is 0 Å². The third kappa shape index (κ3) is 3.62. The van der Waals surface area contributed by atoms with E-state index in [4.69, 9.17) is 4.42 Å². The molecular formula is C22H28N2O3S. The molecule has 2 amide bonds. The zero-order valence-corrected chi connectivity index (χ0v) is 17.7. The van der Waals surface area contributed by atoms with Crippen molar-refractivity contribution in [2.24, 2.45) is 5.92 Å². The van der Waals surface area contributed by atoms with Crippen molar-refractivity contribution in [3.05, 3.63) is 39.2 Å². The molecule has 6 heteroatoms. The molecule has 0 spiro atoms. The predicted molar refractivity (Wildman–Crippen MR) is 111 cm³/mol. The first-order valence-corrected chi connectivity index (χ1v) is 11.1. The summed E-state index contributed by atoms with van der Waals surface area (Å²) in [5, 5.41) is 3.75.